The Balaban J connectivity index is 1.59. The van der Waals surface area contributed by atoms with E-state index in [2.05, 4.69) is 5.32 Å². The number of para-hydroxylation sites is 2. The zero-order valence-corrected chi connectivity index (χ0v) is 16.5. The smallest absolute Gasteiger partial charge is 0.341 e. The van der Waals surface area contributed by atoms with Crippen LogP contribution in [0.2, 0.25) is 0 Å². The zero-order valence-electron chi connectivity index (χ0n) is 15.7. The van der Waals surface area contributed by atoms with Gasteiger partial charge in [-0.25, -0.2) is 4.79 Å². The van der Waals surface area contributed by atoms with Crippen LogP contribution < -0.4 is 14.8 Å². The molecule has 6 nitrogen and oxygen atoms in total. The molecule has 148 valence electrons. The van der Waals surface area contributed by atoms with Gasteiger partial charge in [0, 0.05) is 10.9 Å². The van der Waals surface area contributed by atoms with E-state index < -0.39 is 12.1 Å². The van der Waals surface area contributed by atoms with Gasteiger partial charge in [-0.1, -0.05) is 42.5 Å². The molecule has 1 aliphatic rings. The molecule has 0 saturated heterocycles. The van der Waals surface area contributed by atoms with Gasteiger partial charge in [0.15, 0.2) is 11.5 Å². The first kappa shape index (κ1) is 19.0. The summed E-state index contributed by atoms with van der Waals surface area (Å²) in [5, 5.41) is 5.08. The van der Waals surface area contributed by atoms with E-state index in [0.717, 1.165) is 11.1 Å². The van der Waals surface area contributed by atoms with Crippen LogP contribution in [0.5, 0.6) is 11.5 Å². The molecule has 1 aliphatic heterocycles. The maximum Gasteiger partial charge on any atom is 0.341 e. The standard InChI is InChI=1S/C22H19NO5S/c1-2-26-22(25)19-15(14-8-4-3-5-9-14)13-29-21(19)23-20(24)18-12-27-16-10-6-7-11-17(16)28-18/h3-11,13,18H,2,12H2,1H3,(H,23,24)/t18-/m1/s1. The number of hydrogen-bond acceptors (Lipinski definition) is 6. The number of thiophene rings is 1. The van der Waals surface area contributed by atoms with Crippen LogP contribution in [0.25, 0.3) is 11.1 Å². The highest BCUT2D eigenvalue weighted by molar-refractivity contribution is 7.15. The molecule has 1 aromatic heterocycles. The van der Waals surface area contributed by atoms with Crippen LogP contribution in [0.4, 0.5) is 5.00 Å². The third-order valence-electron chi connectivity index (χ3n) is 4.39. The highest BCUT2D eigenvalue weighted by Gasteiger charge is 2.30. The molecule has 2 heterocycles. The van der Waals surface area contributed by atoms with E-state index >= 15 is 0 Å². The number of nitrogens with one attached hydrogen (secondary N) is 1. The predicted molar refractivity (Wildman–Crippen MR) is 111 cm³/mol. The largest absolute Gasteiger partial charge is 0.485 e. The fraction of sp³-hybridized carbons (Fsp3) is 0.182. The molecule has 0 spiro atoms. The Hall–Kier alpha value is -3.32. The van der Waals surface area contributed by atoms with E-state index in [0.29, 0.717) is 22.1 Å². The number of benzene rings is 2. The summed E-state index contributed by atoms with van der Waals surface area (Å²) in [5.74, 6) is 0.257. The van der Waals surface area contributed by atoms with Gasteiger partial charge in [0.05, 0.1) is 6.61 Å². The van der Waals surface area contributed by atoms with Gasteiger partial charge >= 0.3 is 5.97 Å². The highest BCUT2D eigenvalue weighted by atomic mass is 32.1. The van der Waals surface area contributed by atoms with Gasteiger partial charge in [0.25, 0.3) is 5.91 Å². The van der Waals surface area contributed by atoms with Crippen LogP contribution in [0.3, 0.4) is 0 Å². The predicted octanol–water partition coefficient (Wildman–Crippen LogP) is 4.37. The molecular formula is C22H19NO5S. The monoisotopic (exact) mass is 409 g/mol. The topological polar surface area (TPSA) is 73.9 Å². The van der Waals surface area contributed by atoms with Crippen LogP contribution in [-0.2, 0) is 9.53 Å². The Bertz CT molecular complexity index is 1030. The molecule has 1 N–H and O–H groups in total. The quantitative estimate of drug-likeness (QED) is 0.634. The number of rotatable bonds is 5. The van der Waals surface area contributed by atoms with Crippen molar-refractivity contribution < 1.29 is 23.8 Å². The van der Waals surface area contributed by atoms with E-state index in [1.807, 2.05) is 47.8 Å². The van der Waals surface area contributed by atoms with E-state index in [-0.39, 0.29) is 19.1 Å². The lowest BCUT2D eigenvalue weighted by Crippen LogP contribution is -2.40. The molecule has 0 aliphatic carbocycles. The molecule has 1 atom stereocenters. The Kier molecular flexibility index (Phi) is 5.48. The first-order valence-corrected chi connectivity index (χ1v) is 10.1. The van der Waals surface area contributed by atoms with Crippen molar-refractivity contribution in [3.63, 3.8) is 0 Å². The summed E-state index contributed by atoms with van der Waals surface area (Å²) in [6.45, 7) is 2.08. The number of fused-ring (bicyclic) bond motifs is 1. The number of anilines is 1. The number of amides is 1. The summed E-state index contributed by atoms with van der Waals surface area (Å²) in [5.41, 5.74) is 1.93. The third kappa shape index (κ3) is 3.95. The minimum Gasteiger partial charge on any atom is -0.485 e. The SMILES string of the molecule is CCOC(=O)c1c(-c2ccccc2)csc1NC(=O)[C@H]1COc2ccccc2O1. The number of carbonyl (C=O) groups excluding carboxylic acids is 2. The Morgan fingerprint density at radius 2 is 1.83 bits per heavy atom. The lowest BCUT2D eigenvalue weighted by atomic mass is 10.0. The van der Waals surface area contributed by atoms with Crippen molar-refractivity contribution in [2.75, 3.05) is 18.5 Å². The Morgan fingerprint density at radius 1 is 1.10 bits per heavy atom. The summed E-state index contributed by atoms with van der Waals surface area (Å²) in [6.07, 6.45) is -0.817. The van der Waals surface area contributed by atoms with Crippen LogP contribution in [0.15, 0.2) is 60.0 Å². The van der Waals surface area contributed by atoms with Crippen LogP contribution in [-0.4, -0.2) is 31.2 Å². The van der Waals surface area contributed by atoms with E-state index in [1.165, 1.54) is 11.3 Å². The lowest BCUT2D eigenvalue weighted by Gasteiger charge is -2.25. The highest BCUT2D eigenvalue weighted by Crippen LogP contribution is 2.37. The summed E-state index contributed by atoms with van der Waals surface area (Å²) in [7, 11) is 0. The molecule has 1 amide bonds. The molecule has 7 heteroatoms. The molecule has 29 heavy (non-hydrogen) atoms. The molecule has 3 aromatic rings. The van der Waals surface area contributed by atoms with Crippen LogP contribution >= 0.6 is 11.3 Å². The van der Waals surface area contributed by atoms with Crippen molar-refractivity contribution in [1.82, 2.24) is 0 Å². The molecule has 4 rings (SSSR count). The summed E-state index contributed by atoms with van der Waals surface area (Å²) in [4.78, 5) is 25.4. The van der Waals surface area contributed by atoms with Gasteiger partial charge in [-0.15, -0.1) is 11.3 Å². The average molecular weight is 409 g/mol. The Labute approximate surface area is 172 Å². The van der Waals surface area contributed by atoms with Gasteiger partial charge in [-0.3, -0.25) is 4.79 Å². The maximum atomic E-state index is 12.8. The second kappa shape index (κ2) is 8.36. The average Bonchev–Trinajstić information content (AvgIpc) is 3.17. The van der Waals surface area contributed by atoms with Gasteiger partial charge in [-0.05, 0) is 24.6 Å². The lowest BCUT2D eigenvalue weighted by molar-refractivity contribution is -0.125. The molecule has 2 aromatic carbocycles. The van der Waals surface area contributed by atoms with Crippen LogP contribution in [0, 0.1) is 0 Å². The second-order valence-corrected chi connectivity index (χ2v) is 7.17. The van der Waals surface area contributed by atoms with Crippen molar-refractivity contribution >= 4 is 28.2 Å². The normalized spacial score (nSPS) is 14.9. The number of esters is 1. The first-order chi connectivity index (χ1) is 14.2. The first-order valence-electron chi connectivity index (χ1n) is 9.20. The minimum atomic E-state index is -0.817. The van der Waals surface area contributed by atoms with Gasteiger partial charge < -0.3 is 19.5 Å². The van der Waals surface area contributed by atoms with Crippen LogP contribution in [0.1, 0.15) is 17.3 Å². The summed E-state index contributed by atoms with van der Waals surface area (Å²) < 4.78 is 16.6. The van der Waals surface area contributed by atoms with Gasteiger partial charge in [-0.2, -0.15) is 0 Å². The third-order valence-corrected chi connectivity index (χ3v) is 5.29. The maximum absolute atomic E-state index is 12.8. The zero-order chi connectivity index (χ0) is 20.2. The van der Waals surface area contributed by atoms with Crippen molar-refractivity contribution in [3.05, 3.63) is 65.5 Å². The molecule has 0 bridgehead atoms. The molecule has 0 saturated carbocycles. The van der Waals surface area contributed by atoms with Gasteiger partial charge in [0.1, 0.15) is 17.2 Å². The van der Waals surface area contributed by atoms with E-state index in [4.69, 9.17) is 14.2 Å². The number of carbonyl (C=O) groups is 2. The molecule has 0 radical (unpaired) electrons. The fourth-order valence-corrected chi connectivity index (χ4v) is 3.99. The summed E-state index contributed by atoms with van der Waals surface area (Å²) >= 11 is 1.27. The molecule has 0 fully saturated rings. The minimum absolute atomic E-state index is 0.0918. The van der Waals surface area contributed by atoms with Crippen molar-refractivity contribution in [2.24, 2.45) is 0 Å². The molecular weight excluding hydrogens is 390 g/mol. The van der Waals surface area contributed by atoms with E-state index in [9.17, 15) is 9.59 Å². The van der Waals surface area contributed by atoms with E-state index in [1.54, 1.807) is 19.1 Å². The van der Waals surface area contributed by atoms with Crippen molar-refractivity contribution in [2.45, 2.75) is 13.0 Å². The van der Waals surface area contributed by atoms with Gasteiger partial charge in [0.2, 0.25) is 6.10 Å². The van der Waals surface area contributed by atoms with Crippen molar-refractivity contribution in [3.8, 4) is 22.6 Å². The fourth-order valence-electron chi connectivity index (χ4n) is 3.03. The number of hydrogen-bond donors (Lipinski definition) is 1. The Morgan fingerprint density at radius 3 is 2.59 bits per heavy atom. The second-order valence-electron chi connectivity index (χ2n) is 6.29. The summed E-state index contributed by atoms with van der Waals surface area (Å²) in [6, 6.07) is 16.7. The number of ether oxygens (including phenoxy) is 3. The molecule has 0 unspecified atom stereocenters. The van der Waals surface area contributed by atoms with Crippen molar-refractivity contribution in [1.29, 1.82) is 0 Å².